The summed E-state index contributed by atoms with van der Waals surface area (Å²) >= 11 is 0. The second-order valence-corrected chi connectivity index (χ2v) is 4.37. The Kier molecular flexibility index (Phi) is 2.86. The van der Waals surface area contributed by atoms with Gasteiger partial charge < -0.3 is 9.64 Å². The Balaban J connectivity index is 2.50. The van der Waals surface area contributed by atoms with Crippen LogP contribution in [0.3, 0.4) is 0 Å². The Morgan fingerprint density at radius 2 is 2.19 bits per heavy atom. The van der Waals surface area contributed by atoms with E-state index in [1.807, 2.05) is 12.1 Å². The lowest BCUT2D eigenvalue weighted by molar-refractivity contribution is -0.116. The third-order valence-corrected chi connectivity index (χ3v) is 2.88. The predicted octanol–water partition coefficient (Wildman–Crippen LogP) is 2.56. The number of amides is 1. The molecular weight excluding hydrogens is 202 g/mol. The van der Waals surface area contributed by atoms with Gasteiger partial charge in [-0.2, -0.15) is 0 Å². The second kappa shape index (κ2) is 4.16. The summed E-state index contributed by atoms with van der Waals surface area (Å²) in [5, 5.41) is 0. The molecule has 16 heavy (non-hydrogen) atoms. The molecule has 0 saturated carbocycles. The third-order valence-electron chi connectivity index (χ3n) is 2.88. The summed E-state index contributed by atoms with van der Waals surface area (Å²) in [5.41, 5.74) is 2.08. The highest BCUT2D eigenvalue weighted by Gasteiger charge is 2.23. The van der Waals surface area contributed by atoms with Gasteiger partial charge in [0.05, 0.1) is 12.2 Å². The van der Waals surface area contributed by atoms with E-state index in [-0.39, 0.29) is 5.91 Å². The molecule has 1 aromatic carbocycles. The normalized spacial score (nSPS) is 14.6. The number of benzene rings is 1. The first-order chi connectivity index (χ1) is 7.61. The average Bonchev–Trinajstić information content (AvgIpc) is 2.27. The second-order valence-electron chi connectivity index (χ2n) is 4.37. The maximum atomic E-state index is 11.5. The van der Waals surface area contributed by atoms with Crippen molar-refractivity contribution in [3.8, 4) is 5.75 Å². The highest BCUT2D eigenvalue weighted by molar-refractivity contribution is 5.94. The van der Waals surface area contributed by atoms with Crippen LogP contribution in [0.4, 0.5) is 5.69 Å². The molecule has 0 aromatic heterocycles. The van der Waals surface area contributed by atoms with Crippen molar-refractivity contribution in [1.29, 1.82) is 0 Å². The number of carbonyl (C=O) groups excluding carboxylic acids is 1. The predicted molar refractivity (Wildman–Crippen MR) is 64.1 cm³/mol. The van der Waals surface area contributed by atoms with Gasteiger partial charge >= 0.3 is 0 Å². The molecular formula is C13H17NO2. The first kappa shape index (κ1) is 11.0. The van der Waals surface area contributed by atoms with Crippen LogP contribution in [0.2, 0.25) is 0 Å². The van der Waals surface area contributed by atoms with Crippen LogP contribution in [0.1, 0.15) is 32.3 Å². The van der Waals surface area contributed by atoms with Crippen molar-refractivity contribution in [2.24, 2.45) is 0 Å². The molecule has 0 bridgehead atoms. The molecule has 0 aliphatic carbocycles. The van der Waals surface area contributed by atoms with Gasteiger partial charge in [-0.1, -0.05) is 26.0 Å². The number of para-hydroxylation sites is 1. The number of anilines is 1. The highest BCUT2D eigenvalue weighted by Crippen LogP contribution is 2.38. The molecule has 1 heterocycles. The zero-order valence-electron chi connectivity index (χ0n) is 9.99. The van der Waals surface area contributed by atoms with E-state index in [1.165, 1.54) is 5.56 Å². The number of hydrogen-bond donors (Lipinski definition) is 0. The van der Waals surface area contributed by atoms with Crippen molar-refractivity contribution < 1.29 is 9.53 Å². The Hall–Kier alpha value is -1.51. The highest BCUT2D eigenvalue weighted by atomic mass is 16.5. The molecule has 1 aliphatic rings. The van der Waals surface area contributed by atoms with Gasteiger partial charge in [-0.15, -0.1) is 0 Å². The van der Waals surface area contributed by atoms with Crippen molar-refractivity contribution in [2.45, 2.75) is 26.7 Å². The lowest BCUT2D eigenvalue weighted by Crippen LogP contribution is -2.36. The topological polar surface area (TPSA) is 29.5 Å². The van der Waals surface area contributed by atoms with Crippen LogP contribution in [0.25, 0.3) is 0 Å². The van der Waals surface area contributed by atoms with Crippen LogP contribution >= 0.6 is 0 Å². The zero-order chi connectivity index (χ0) is 11.7. The Labute approximate surface area is 96.0 Å². The van der Waals surface area contributed by atoms with Gasteiger partial charge in [-0.3, -0.25) is 4.79 Å². The van der Waals surface area contributed by atoms with E-state index in [4.69, 9.17) is 4.74 Å². The first-order valence-electron chi connectivity index (χ1n) is 5.65. The maximum Gasteiger partial charge on any atom is 0.224 e. The number of hydrogen-bond acceptors (Lipinski definition) is 2. The summed E-state index contributed by atoms with van der Waals surface area (Å²) in [6.07, 6.45) is 0. The molecule has 0 fully saturated rings. The first-order valence-corrected chi connectivity index (χ1v) is 5.65. The largest absolute Gasteiger partial charge is 0.489 e. The summed E-state index contributed by atoms with van der Waals surface area (Å²) < 4.78 is 5.70. The summed E-state index contributed by atoms with van der Waals surface area (Å²) in [7, 11) is 0. The van der Waals surface area contributed by atoms with E-state index in [2.05, 4.69) is 19.9 Å². The summed E-state index contributed by atoms with van der Waals surface area (Å²) in [6, 6.07) is 5.99. The minimum atomic E-state index is 0.0745. The van der Waals surface area contributed by atoms with Crippen molar-refractivity contribution >= 4 is 11.6 Å². The number of rotatable bonds is 1. The Morgan fingerprint density at radius 1 is 1.44 bits per heavy atom. The van der Waals surface area contributed by atoms with Gasteiger partial charge in [0, 0.05) is 6.92 Å². The van der Waals surface area contributed by atoms with Crippen molar-refractivity contribution in [1.82, 2.24) is 0 Å². The van der Waals surface area contributed by atoms with Crippen LogP contribution in [-0.4, -0.2) is 19.1 Å². The van der Waals surface area contributed by atoms with E-state index in [0.717, 1.165) is 11.4 Å². The molecule has 0 spiro atoms. The summed E-state index contributed by atoms with van der Waals surface area (Å²) in [5.74, 6) is 1.35. The van der Waals surface area contributed by atoms with Crippen LogP contribution in [0.15, 0.2) is 18.2 Å². The molecule has 0 unspecified atom stereocenters. The average molecular weight is 219 g/mol. The maximum absolute atomic E-state index is 11.5. The molecule has 1 aromatic rings. The standard InChI is InChI=1S/C13H17NO2/c1-9(2)11-5-4-6-12-13(11)16-8-7-14(12)10(3)15/h4-6,9H,7-8H2,1-3H3. The van der Waals surface area contributed by atoms with Gasteiger partial charge in [-0.25, -0.2) is 0 Å². The van der Waals surface area contributed by atoms with E-state index in [1.54, 1.807) is 11.8 Å². The molecule has 86 valence electrons. The van der Waals surface area contributed by atoms with Crippen LogP contribution in [-0.2, 0) is 4.79 Å². The van der Waals surface area contributed by atoms with E-state index < -0.39 is 0 Å². The fraction of sp³-hybridized carbons (Fsp3) is 0.462. The molecule has 1 amide bonds. The minimum absolute atomic E-state index is 0.0745. The smallest absolute Gasteiger partial charge is 0.224 e. The number of ether oxygens (including phenoxy) is 1. The fourth-order valence-corrected chi connectivity index (χ4v) is 2.05. The van der Waals surface area contributed by atoms with E-state index in [9.17, 15) is 4.79 Å². The van der Waals surface area contributed by atoms with Crippen molar-refractivity contribution in [2.75, 3.05) is 18.1 Å². The molecule has 3 nitrogen and oxygen atoms in total. The van der Waals surface area contributed by atoms with E-state index in [0.29, 0.717) is 19.1 Å². The fourth-order valence-electron chi connectivity index (χ4n) is 2.05. The number of nitrogens with zero attached hydrogens (tertiary/aromatic N) is 1. The molecule has 0 radical (unpaired) electrons. The van der Waals surface area contributed by atoms with Crippen molar-refractivity contribution in [3.05, 3.63) is 23.8 Å². The molecule has 1 aliphatic heterocycles. The van der Waals surface area contributed by atoms with Gasteiger partial charge in [0.2, 0.25) is 5.91 Å². The molecule has 2 rings (SSSR count). The van der Waals surface area contributed by atoms with Crippen LogP contribution < -0.4 is 9.64 Å². The quantitative estimate of drug-likeness (QED) is 0.726. The molecule has 0 atom stereocenters. The van der Waals surface area contributed by atoms with Gasteiger partial charge in [0.1, 0.15) is 12.4 Å². The SMILES string of the molecule is CC(=O)N1CCOc2c(C(C)C)cccc21. The molecule has 3 heteroatoms. The Morgan fingerprint density at radius 3 is 2.81 bits per heavy atom. The monoisotopic (exact) mass is 219 g/mol. The van der Waals surface area contributed by atoms with Crippen LogP contribution in [0.5, 0.6) is 5.75 Å². The van der Waals surface area contributed by atoms with Gasteiger partial charge in [0.15, 0.2) is 0 Å². The summed E-state index contributed by atoms with van der Waals surface area (Å²) in [4.78, 5) is 13.3. The summed E-state index contributed by atoms with van der Waals surface area (Å²) in [6.45, 7) is 7.08. The third kappa shape index (κ3) is 1.77. The van der Waals surface area contributed by atoms with Gasteiger partial charge in [0.25, 0.3) is 0 Å². The Bertz CT molecular complexity index is 412. The minimum Gasteiger partial charge on any atom is -0.489 e. The van der Waals surface area contributed by atoms with Crippen LogP contribution in [0, 0.1) is 0 Å². The number of fused-ring (bicyclic) bond motifs is 1. The van der Waals surface area contributed by atoms with Gasteiger partial charge in [-0.05, 0) is 17.5 Å². The lowest BCUT2D eigenvalue weighted by Gasteiger charge is -2.30. The zero-order valence-corrected chi connectivity index (χ0v) is 9.99. The molecule has 0 saturated heterocycles. The van der Waals surface area contributed by atoms with Crippen molar-refractivity contribution in [3.63, 3.8) is 0 Å². The number of carbonyl (C=O) groups is 1. The molecule has 0 N–H and O–H groups in total. The lowest BCUT2D eigenvalue weighted by atomic mass is 10.0. The van der Waals surface area contributed by atoms with E-state index >= 15 is 0 Å².